The Morgan fingerprint density at radius 3 is 2.64 bits per heavy atom. The van der Waals surface area contributed by atoms with Crippen LogP contribution in [0, 0.1) is 0 Å². The van der Waals surface area contributed by atoms with E-state index in [9.17, 15) is 34.6 Å². The van der Waals surface area contributed by atoms with Gasteiger partial charge in [-0.15, -0.1) is 23.1 Å². The fourth-order valence-electron chi connectivity index (χ4n) is 3.62. The number of esters is 1. The number of rotatable bonds is 8. The number of carbonyl (C=O) groups is 4. The number of β-lactam (4-membered cyclic amide) rings is 1. The van der Waals surface area contributed by atoms with E-state index >= 15 is 0 Å². The third kappa shape index (κ3) is 4.75. The van der Waals surface area contributed by atoms with Gasteiger partial charge in [0.15, 0.2) is 16.9 Å². The van der Waals surface area contributed by atoms with Crippen molar-refractivity contribution in [3.05, 3.63) is 58.2 Å². The second-order valence-electron chi connectivity index (χ2n) is 7.56. The minimum atomic E-state index is -1.55. The number of benzene rings is 1. The van der Waals surface area contributed by atoms with Gasteiger partial charge >= 0.3 is 11.9 Å². The molecule has 4 rings (SSSR count). The number of hydrogen-bond acceptors (Lipinski definition) is 12. The monoisotopic (exact) mass is 533 g/mol. The van der Waals surface area contributed by atoms with Gasteiger partial charge < -0.3 is 31.2 Å². The van der Waals surface area contributed by atoms with Crippen LogP contribution in [0.4, 0.5) is 5.13 Å². The third-order valence-electron chi connectivity index (χ3n) is 5.34. The van der Waals surface area contributed by atoms with Crippen LogP contribution in [0.15, 0.2) is 52.1 Å². The highest BCUT2D eigenvalue weighted by atomic mass is 32.2. The van der Waals surface area contributed by atoms with Crippen molar-refractivity contribution < 1.29 is 39.3 Å². The van der Waals surface area contributed by atoms with E-state index in [-0.39, 0.29) is 27.8 Å². The van der Waals surface area contributed by atoms with Gasteiger partial charge in [0.1, 0.15) is 29.4 Å². The maximum atomic E-state index is 12.8. The maximum absolute atomic E-state index is 12.8. The van der Waals surface area contributed by atoms with Gasteiger partial charge in [-0.2, -0.15) is 0 Å². The molecule has 1 fully saturated rings. The summed E-state index contributed by atoms with van der Waals surface area (Å²) < 4.78 is 5.12. The average Bonchev–Trinajstić information content (AvgIpc) is 3.31. The van der Waals surface area contributed by atoms with Crippen molar-refractivity contribution in [3.8, 4) is 0 Å². The Labute approximate surface area is 211 Å². The molecule has 15 heteroatoms. The zero-order valence-electron chi connectivity index (χ0n) is 18.2. The lowest BCUT2D eigenvalue weighted by Crippen LogP contribution is -2.71. The molecule has 6 N–H and O–H groups in total. The predicted octanol–water partition coefficient (Wildman–Crippen LogP) is -0.0810. The minimum absolute atomic E-state index is 0.0188. The average molecular weight is 534 g/mol. The smallest absolute Gasteiger partial charge is 0.352 e. The van der Waals surface area contributed by atoms with Crippen molar-refractivity contribution in [2.75, 3.05) is 18.1 Å². The summed E-state index contributed by atoms with van der Waals surface area (Å²) in [7, 11) is 0. The molecule has 3 heterocycles. The first kappa shape index (κ1) is 25.2. The van der Waals surface area contributed by atoms with Crippen molar-refractivity contribution in [1.29, 1.82) is 0 Å². The van der Waals surface area contributed by atoms with E-state index in [4.69, 9.17) is 10.5 Å². The van der Waals surface area contributed by atoms with E-state index in [1.54, 1.807) is 30.3 Å². The number of thioether (sulfide) groups is 1. The molecule has 0 saturated carbocycles. The molecule has 0 bridgehead atoms. The highest BCUT2D eigenvalue weighted by molar-refractivity contribution is 8.00. The molecule has 0 aliphatic carbocycles. The highest BCUT2D eigenvalue weighted by Gasteiger charge is 2.54. The van der Waals surface area contributed by atoms with Gasteiger partial charge in [0.2, 0.25) is 0 Å². The molecule has 188 valence electrons. The number of aliphatic carboxylic acids is 1. The van der Waals surface area contributed by atoms with Crippen molar-refractivity contribution >= 4 is 57.7 Å². The maximum Gasteiger partial charge on any atom is 0.352 e. The Bertz CT molecular complexity index is 1280. The first-order chi connectivity index (χ1) is 17.2. The first-order valence-corrected chi connectivity index (χ1v) is 12.2. The number of oxime groups is 1. The van der Waals surface area contributed by atoms with Gasteiger partial charge in [-0.05, 0) is 5.56 Å². The molecule has 1 aromatic heterocycles. The molecule has 2 aromatic rings. The number of aliphatic hydroxyl groups excluding tert-OH is 1. The molecule has 1 aromatic carbocycles. The lowest BCUT2D eigenvalue weighted by Gasteiger charge is -2.49. The van der Waals surface area contributed by atoms with Gasteiger partial charge in [-0.1, -0.05) is 35.5 Å². The molecule has 1 saturated heterocycles. The molecule has 36 heavy (non-hydrogen) atoms. The molecule has 2 unspecified atom stereocenters. The number of anilines is 1. The number of carboxylic acids is 1. The van der Waals surface area contributed by atoms with Crippen LogP contribution in [0.3, 0.4) is 0 Å². The van der Waals surface area contributed by atoms with Crippen LogP contribution in [0.1, 0.15) is 17.4 Å². The number of hydrogen-bond donors (Lipinski definition) is 5. The van der Waals surface area contributed by atoms with Crippen LogP contribution in [0.5, 0.6) is 0 Å². The zero-order chi connectivity index (χ0) is 26.0. The second-order valence-corrected chi connectivity index (χ2v) is 9.55. The number of amides is 2. The summed E-state index contributed by atoms with van der Waals surface area (Å²) in [6, 6.07) is 6.99. The van der Waals surface area contributed by atoms with Crippen LogP contribution in [0.25, 0.3) is 0 Å². The topological polar surface area (TPSA) is 205 Å². The normalized spacial score (nSPS) is 20.3. The predicted molar refractivity (Wildman–Crippen MR) is 127 cm³/mol. The van der Waals surface area contributed by atoms with Crippen LogP contribution in [-0.4, -0.2) is 78.5 Å². The number of aromatic nitrogens is 1. The quantitative estimate of drug-likeness (QED) is 0.0997. The zero-order valence-corrected chi connectivity index (χ0v) is 19.9. The van der Waals surface area contributed by atoms with Crippen molar-refractivity contribution in [2.45, 2.75) is 17.5 Å². The number of carbonyl (C=O) groups excluding carboxylic acids is 3. The Hall–Kier alpha value is -3.95. The summed E-state index contributed by atoms with van der Waals surface area (Å²) in [6.07, 6.45) is -1.55. The van der Waals surface area contributed by atoms with E-state index in [0.29, 0.717) is 5.56 Å². The summed E-state index contributed by atoms with van der Waals surface area (Å²) in [6.45, 7) is -0.447. The molecule has 3 atom stereocenters. The number of nitrogens with one attached hydrogen (secondary N) is 1. The van der Waals surface area contributed by atoms with Gasteiger partial charge in [-0.25, -0.2) is 14.6 Å². The molecular formula is C21H19N5O8S2. The van der Waals surface area contributed by atoms with Crippen LogP contribution >= 0.6 is 23.1 Å². The molecule has 13 nitrogen and oxygen atoms in total. The molecule has 2 aliphatic rings. The van der Waals surface area contributed by atoms with Crippen LogP contribution in [0.2, 0.25) is 0 Å². The number of nitrogens with two attached hydrogens (primary N) is 1. The summed E-state index contributed by atoms with van der Waals surface area (Å²) in [5.74, 6) is -3.90. The second kappa shape index (κ2) is 10.3. The highest BCUT2D eigenvalue weighted by Crippen LogP contribution is 2.40. The number of nitrogens with zero attached hydrogens (tertiary/aromatic N) is 3. The molecule has 2 aliphatic heterocycles. The Balaban J connectivity index is 1.44. The minimum Gasteiger partial charge on any atom is -0.477 e. The Morgan fingerprint density at radius 2 is 2.03 bits per heavy atom. The summed E-state index contributed by atoms with van der Waals surface area (Å²) in [5.41, 5.74) is 5.22. The van der Waals surface area contributed by atoms with Gasteiger partial charge in [-0.3, -0.25) is 14.5 Å². The van der Waals surface area contributed by atoms with E-state index in [0.717, 1.165) is 28.0 Å². The van der Waals surface area contributed by atoms with Crippen LogP contribution < -0.4 is 11.1 Å². The van der Waals surface area contributed by atoms with Gasteiger partial charge in [0.25, 0.3) is 11.8 Å². The number of fused-ring (bicyclic) bond motifs is 1. The summed E-state index contributed by atoms with van der Waals surface area (Å²) in [5, 5.41) is 35.3. The fourth-order valence-corrected chi connectivity index (χ4v) is 5.50. The Morgan fingerprint density at radius 1 is 1.31 bits per heavy atom. The fraction of sp³-hybridized carbons (Fsp3) is 0.238. The molecular weight excluding hydrogens is 514 g/mol. The number of carboxylic acid groups (broad SMARTS) is 1. The molecule has 0 radical (unpaired) electrons. The first-order valence-electron chi connectivity index (χ1n) is 10.3. The number of ether oxygens (including phenoxy) is 1. The molecule has 2 amide bonds. The SMILES string of the molecule is Nc1nc(/C(=N/O)C(=O)NC2C(=O)N3C(C(=O)O)=C(COC(=O)C(O)c4ccccc4)CS[C@H]23)cs1. The number of nitrogen functional groups attached to an aromatic ring is 1. The third-order valence-corrected chi connectivity index (χ3v) is 7.36. The summed E-state index contributed by atoms with van der Waals surface area (Å²) >= 11 is 2.18. The summed E-state index contributed by atoms with van der Waals surface area (Å²) in [4.78, 5) is 54.4. The van der Waals surface area contributed by atoms with Crippen molar-refractivity contribution in [2.24, 2.45) is 5.16 Å². The van der Waals surface area contributed by atoms with E-state index in [1.807, 2.05) is 0 Å². The van der Waals surface area contributed by atoms with Crippen LogP contribution in [-0.2, 0) is 23.9 Å². The largest absolute Gasteiger partial charge is 0.477 e. The molecule has 0 spiro atoms. The standard InChI is InChI=1S/C21H19N5O8S2/c22-21-23-11(8-36-21)12(25-33)16(28)24-13-17(29)26-14(19(30)31)10(7-35-18(13)26)6-34-20(32)15(27)9-4-2-1-3-5-9/h1-5,8,13,15,18,27,33H,6-7H2,(H2,22,23)(H,24,28)(H,30,31)/b25-12-/t13?,15?,18-/m1/s1. The number of aliphatic hydroxyl groups is 1. The number of thiazole rings is 1. The van der Waals surface area contributed by atoms with E-state index in [2.05, 4.69) is 15.5 Å². The van der Waals surface area contributed by atoms with Gasteiger partial charge in [0.05, 0.1) is 0 Å². The van der Waals surface area contributed by atoms with Crippen molar-refractivity contribution in [3.63, 3.8) is 0 Å². The van der Waals surface area contributed by atoms with Crippen molar-refractivity contribution in [1.82, 2.24) is 15.2 Å². The van der Waals surface area contributed by atoms with Gasteiger partial charge in [0, 0.05) is 16.7 Å². The van der Waals surface area contributed by atoms with E-state index < -0.39 is 53.6 Å². The lowest BCUT2D eigenvalue weighted by molar-refractivity contribution is -0.153. The lowest BCUT2D eigenvalue weighted by atomic mass is 10.0. The van der Waals surface area contributed by atoms with E-state index in [1.165, 1.54) is 5.38 Å². The Kier molecular flexibility index (Phi) is 7.23.